The number of esters is 1. The molecule has 0 spiro atoms. The minimum absolute atomic E-state index is 0.142. The number of pyridine rings is 1. The number of benzene rings is 1. The van der Waals surface area contributed by atoms with Crippen molar-refractivity contribution in [1.29, 1.82) is 0 Å². The van der Waals surface area contributed by atoms with Crippen molar-refractivity contribution in [3.63, 3.8) is 0 Å². The molecule has 0 saturated carbocycles. The Morgan fingerprint density at radius 2 is 1.88 bits per heavy atom. The van der Waals surface area contributed by atoms with Gasteiger partial charge in [-0.3, -0.25) is 9.59 Å². The van der Waals surface area contributed by atoms with Gasteiger partial charge < -0.3 is 19.2 Å². The third kappa shape index (κ3) is 3.88. The summed E-state index contributed by atoms with van der Waals surface area (Å²) >= 11 is 0. The lowest BCUT2D eigenvalue weighted by Crippen LogP contribution is -2.22. The van der Waals surface area contributed by atoms with E-state index in [9.17, 15) is 14.4 Å². The zero-order valence-corrected chi connectivity index (χ0v) is 13.7. The molecule has 1 aliphatic rings. The molecule has 0 unspecified atom stereocenters. The highest BCUT2D eigenvalue weighted by atomic mass is 16.5. The molecule has 2 heterocycles. The van der Waals surface area contributed by atoms with Crippen LogP contribution in [0.1, 0.15) is 32.8 Å². The lowest BCUT2D eigenvalue weighted by molar-refractivity contribution is 0.0473. The van der Waals surface area contributed by atoms with Gasteiger partial charge in [0.1, 0.15) is 5.56 Å². The Labute approximate surface area is 143 Å². The zero-order valence-electron chi connectivity index (χ0n) is 13.7. The predicted molar refractivity (Wildman–Crippen MR) is 88.5 cm³/mol. The predicted octanol–water partition coefficient (Wildman–Crippen LogP) is 1.88. The maximum absolute atomic E-state index is 12.2. The highest BCUT2D eigenvalue weighted by molar-refractivity contribution is 5.99. The van der Waals surface area contributed by atoms with E-state index in [4.69, 9.17) is 14.2 Å². The van der Waals surface area contributed by atoms with E-state index in [1.807, 2.05) is 0 Å². The molecule has 0 atom stereocenters. The highest BCUT2D eigenvalue weighted by Crippen LogP contribution is 2.30. The Bertz CT molecular complexity index is 870. The molecule has 0 amide bonds. The van der Waals surface area contributed by atoms with Crippen molar-refractivity contribution >= 4 is 11.8 Å². The fraction of sp³-hybridized carbons (Fsp3) is 0.278. The Morgan fingerprint density at radius 1 is 1.12 bits per heavy atom. The minimum atomic E-state index is -0.844. The molecule has 0 aliphatic carbocycles. The lowest BCUT2D eigenvalue weighted by atomic mass is 10.1. The molecule has 1 aliphatic heterocycles. The number of ether oxygens (including phenoxy) is 3. The second-order valence-corrected chi connectivity index (χ2v) is 5.60. The molecule has 0 fully saturated rings. The molecule has 1 aromatic carbocycles. The van der Waals surface area contributed by atoms with Gasteiger partial charge in [-0.2, -0.15) is 0 Å². The highest BCUT2D eigenvalue weighted by Gasteiger charge is 2.17. The van der Waals surface area contributed by atoms with Gasteiger partial charge in [-0.15, -0.1) is 0 Å². The molecule has 0 saturated heterocycles. The number of hydrogen-bond acceptors (Lipinski definition) is 6. The lowest BCUT2D eigenvalue weighted by Gasteiger charge is -2.09. The van der Waals surface area contributed by atoms with Gasteiger partial charge >= 0.3 is 5.97 Å². The molecule has 130 valence electrons. The monoisotopic (exact) mass is 343 g/mol. The number of ketones is 1. The summed E-state index contributed by atoms with van der Waals surface area (Å²) in [6, 6.07) is 7.76. The van der Waals surface area contributed by atoms with Gasteiger partial charge in [0.2, 0.25) is 0 Å². The fourth-order valence-corrected chi connectivity index (χ4v) is 2.36. The van der Waals surface area contributed by atoms with Crippen LogP contribution in [0.4, 0.5) is 0 Å². The van der Waals surface area contributed by atoms with Crippen LogP contribution in [0.5, 0.6) is 11.5 Å². The smallest absolute Gasteiger partial charge is 0.344 e. The van der Waals surface area contributed by atoms with Gasteiger partial charge in [-0.25, -0.2) is 4.79 Å². The number of carbonyl (C=O) groups is 2. The second kappa shape index (κ2) is 7.21. The fourth-order valence-electron chi connectivity index (χ4n) is 2.36. The van der Waals surface area contributed by atoms with Crippen LogP contribution in [-0.4, -0.2) is 36.6 Å². The largest absolute Gasteiger partial charge is 0.490 e. The van der Waals surface area contributed by atoms with Gasteiger partial charge in [-0.05, 0) is 37.3 Å². The number of rotatable bonds is 4. The number of aromatic amines is 1. The first-order valence-corrected chi connectivity index (χ1v) is 7.84. The molecule has 7 nitrogen and oxygen atoms in total. The second-order valence-electron chi connectivity index (χ2n) is 5.60. The minimum Gasteiger partial charge on any atom is -0.490 e. The average molecular weight is 343 g/mol. The Kier molecular flexibility index (Phi) is 4.83. The van der Waals surface area contributed by atoms with Crippen LogP contribution < -0.4 is 15.0 Å². The Morgan fingerprint density at radius 3 is 2.64 bits per heavy atom. The van der Waals surface area contributed by atoms with E-state index in [0.29, 0.717) is 36.0 Å². The van der Waals surface area contributed by atoms with E-state index in [2.05, 4.69) is 4.98 Å². The van der Waals surface area contributed by atoms with E-state index in [1.54, 1.807) is 31.2 Å². The summed E-state index contributed by atoms with van der Waals surface area (Å²) in [4.78, 5) is 38.4. The third-order valence-electron chi connectivity index (χ3n) is 3.68. The van der Waals surface area contributed by atoms with Crippen molar-refractivity contribution in [2.75, 3.05) is 19.8 Å². The topological polar surface area (TPSA) is 94.7 Å². The zero-order chi connectivity index (χ0) is 17.8. The van der Waals surface area contributed by atoms with Crippen molar-refractivity contribution in [1.82, 2.24) is 4.98 Å². The number of fused-ring (bicyclic) bond motifs is 1. The van der Waals surface area contributed by atoms with E-state index in [-0.39, 0.29) is 5.56 Å². The molecular formula is C18H17NO6. The first kappa shape index (κ1) is 16.8. The van der Waals surface area contributed by atoms with Gasteiger partial charge in [0.25, 0.3) is 5.56 Å². The van der Waals surface area contributed by atoms with Crippen LogP contribution in [0.3, 0.4) is 0 Å². The summed E-state index contributed by atoms with van der Waals surface area (Å²) in [6.45, 7) is 2.30. The van der Waals surface area contributed by atoms with Crippen LogP contribution in [0.15, 0.2) is 35.1 Å². The molecule has 25 heavy (non-hydrogen) atoms. The summed E-state index contributed by atoms with van der Waals surface area (Å²) in [5, 5.41) is 0. The van der Waals surface area contributed by atoms with Crippen LogP contribution in [-0.2, 0) is 4.74 Å². The molecule has 1 aromatic heterocycles. The summed E-state index contributed by atoms with van der Waals surface area (Å²) in [5.74, 6) is -0.168. The SMILES string of the molecule is Cc1ccc(C(=O)OCC(=O)c2ccc3c(c2)OCCCO3)c(=O)[nH]1. The number of Topliss-reactive ketones (excluding diaryl/α,β-unsaturated/α-hetero) is 1. The normalized spacial score (nSPS) is 13.0. The van der Waals surface area contributed by atoms with E-state index < -0.39 is 23.9 Å². The van der Waals surface area contributed by atoms with Crippen molar-refractivity contribution < 1.29 is 23.8 Å². The van der Waals surface area contributed by atoms with Crippen LogP contribution in [0.2, 0.25) is 0 Å². The number of carbonyl (C=O) groups excluding carboxylic acids is 2. The number of nitrogens with one attached hydrogen (secondary N) is 1. The van der Waals surface area contributed by atoms with E-state index in [0.717, 1.165) is 6.42 Å². The van der Waals surface area contributed by atoms with Crippen LogP contribution >= 0.6 is 0 Å². The van der Waals surface area contributed by atoms with Gasteiger partial charge in [-0.1, -0.05) is 0 Å². The number of hydrogen-bond donors (Lipinski definition) is 1. The van der Waals surface area contributed by atoms with Gasteiger partial charge in [0, 0.05) is 17.7 Å². The summed E-state index contributed by atoms with van der Waals surface area (Å²) in [7, 11) is 0. The molecule has 0 radical (unpaired) electrons. The maximum Gasteiger partial charge on any atom is 0.344 e. The Balaban J connectivity index is 1.67. The molecule has 1 N–H and O–H groups in total. The van der Waals surface area contributed by atoms with E-state index >= 15 is 0 Å². The number of H-pyrrole nitrogens is 1. The average Bonchev–Trinajstić information content (AvgIpc) is 2.84. The van der Waals surface area contributed by atoms with Crippen molar-refractivity contribution in [3.8, 4) is 11.5 Å². The van der Waals surface area contributed by atoms with Crippen LogP contribution in [0.25, 0.3) is 0 Å². The van der Waals surface area contributed by atoms with Crippen molar-refractivity contribution in [3.05, 3.63) is 57.5 Å². The number of aromatic nitrogens is 1. The third-order valence-corrected chi connectivity index (χ3v) is 3.68. The molecular weight excluding hydrogens is 326 g/mol. The van der Waals surface area contributed by atoms with Gasteiger partial charge in [0.05, 0.1) is 13.2 Å². The molecule has 7 heteroatoms. The van der Waals surface area contributed by atoms with Crippen LogP contribution in [0, 0.1) is 6.92 Å². The maximum atomic E-state index is 12.2. The summed E-state index contributed by atoms with van der Waals surface area (Å²) in [6.07, 6.45) is 0.765. The van der Waals surface area contributed by atoms with Gasteiger partial charge in [0.15, 0.2) is 23.9 Å². The quantitative estimate of drug-likeness (QED) is 0.673. The molecule has 0 bridgehead atoms. The van der Waals surface area contributed by atoms with Crippen molar-refractivity contribution in [2.24, 2.45) is 0 Å². The Hall–Kier alpha value is -3.09. The standard InChI is InChI=1S/C18H17NO6/c1-11-3-5-13(17(21)19-11)18(22)25-10-14(20)12-4-6-15-16(9-12)24-8-2-7-23-15/h3-6,9H,2,7-8,10H2,1H3,(H,19,21). The number of aryl methyl sites for hydroxylation is 1. The van der Waals surface area contributed by atoms with E-state index in [1.165, 1.54) is 6.07 Å². The summed E-state index contributed by atoms with van der Waals surface area (Å²) in [5.41, 5.74) is 0.282. The molecule has 3 rings (SSSR count). The first-order valence-electron chi connectivity index (χ1n) is 7.84. The molecule has 2 aromatic rings. The van der Waals surface area contributed by atoms with Crippen molar-refractivity contribution in [2.45, 2.75) is 13.3 Å². The first-order chi connectivity index (χ1) is 12.0. The summed E-state index contributed by atoms with van der Waals surface area (Å²) < 4.78 is 16.0.